The van der Waals surface area contributed by atoms with Gasteiger partial charge in [-0.15, -0.1) is 0 Å². The Labute approximate surface area is 176 Å². The lowest BCUT2D eigenvalue weighted by Crippen LogP contribution is -2.18. The Hall–Kier alpha value is -3.44. The van der Waals surface area contributed by atoms with E-state index in [4.69, 9.17) is 4.74 Å². The number of carbonyl (C=O) groups excluding carboxylic acids is 1. The van der Waals surface area contributed by atoms with E-state index in [9.17, 15) is 4.79 Å². The van der Waals surface area contributed by atoms with Crippen LogP contribution in [0.4, 0.5) is 0 Å². The Morgan fingerprint density at radius 3 is 2.57 bits per heavy atom. The fourth-order valence-electron chi connectivity index (χ4n) is 3.74. The number of fused-ring (bicyclic) bond motifs is 1. The quantitative estimate of drug-likeness (QED) is 0.465. The standard InChI is InChI=1S/C25H25N3O2/c1-17(26-15-19-11-13-21(14-12-19)25(29)30-3)23-16-27-28(18(23)2)24-10-6-8-20-7-4-5-9-22(20)24/h4-14,16-17,26H,15H2,1-3H3/t17-/m0/s1. The molecule has 3 aromatic carbocycles. The number of nitrogens with zero attached hydrogens (tertiary/aromatic N) is 2. The van der Waals surface area contributed by atoms with E-state index in [-0.39, 0.29) is 12.0 Å². The number of hydrogen-bond acceptors (Lipinski definition) is 4. The first-order valence-electron chi connectivity index (χ1n) is 10.0. The van der Waals surface area contributed by atoms with Crippen molar-refractivity contribution in [2.24, 2.45) is 0 Å². The lowest BCUT2D eigenvalue weighted by atomic mass is 10.1. The molecule has 0 unspecified atom stereocenters. The van der Waals surface area contributed by atoms with Crippen LogP contribution in [0.25, 0.3) is 16.5 Å². The highest BCUT2D eigenvalue weighted by Gasteiger charge is 2.15. The molecule has 0 fully saturated rings. The van der Waals surface area contributed by atoms with Gasteiger partial charge in [0.15, 0.2) is 0 Å². The zero-order valence-corrected chi connectivity index (χ0v) is 17.4. The molecule has 0 aliphatic carbocycles. The number of aromatic nitrogens is 2. The number of esters is 1. The molecule has 4 aromatic rings. The molecule has 152 valence electrons. The molecule has 1 N–H and O–H groups in total. The first-order valence-corrected chi connectivity index (χ1v) is 10.0. The summed E-state index contributed by atoms with van der Waals surface area (Å²) in [7, 11) is 1.39. The van der Waals surface area contributed by atoms with Gasteiger partial charge in [-0.25, -0.2) is 9.48 Å². The molecule has 5 nitrogen and oxygen atoms in total. The largest absolute Gasteiger partial charge is 0.465 e. The molecule has 30 heavy (non-hydrogen) atoms. The van der Waals surface area contributed by atoms with Gasteiger partial charge in [-0.05, 0) is 43.0 Å². The Morgan fingerprint density at radius 1 is 1.07 bits per heavy atom. The SMILES string of the molecule is COC(=O)c1ccc(CN[C@@H](C)c2cnn(-c3cccc4ccccc34)c2C)cc1. The van der Waals surface area contributed by atoms with E-state index in [2.05, 4.69) is 66.7 Å². The summed E-state index contributed by atoms with van der Waals surface area (Å²) in [6, 6.07) is 22.2. The number of carbonyl (C=O) groups is 1. The van der Waals surface area contributed by atoms with E-state index in [1.807, 2.05) is 23.0 Å². The number of rotatable bonds is 6. The maximum Gasteiger partial charge on any atom is 0.337 e. The van der Waals surface area contributed by atoms with Crippen molar-refractivity contribution >= 4 is 16.7 Å². The Balaban J connectivity index is 1.51. The van der Waals surface area contributed by atoms with Crippen LogP contribution in [0.15, 0.2) is 72.9 Å². The molecule has 1 atom stereocenters. The van der Waals surface area contributed by atoms with Gasteiger partial charge in [-0.3, -0.25) is 0 Å². The topological polar surface area (TPSA) is 56.1 Å². The van der Waals surface area contributed by atoms with Crippen molar-refractivity contribution in [3.63, 3.8) is 0 Å². The van der Waals surface area contributed by atoms with Crippen LogP contribution >= 0.6 is 0 Å². The van der Waals surface area contributed by atoms with Gasteiger partial charge < -0.3 is 10.1 Å². The molecule has 1 aromatic heterocycles. The summed E-state index contributed by atoms with van der Waals surface area (Å²) >= 11 is 0. The van der Waals surface area contributed by atoms with Gasteiger partial charge in [0.25, 0.3) is 0 Å². The average molecular weight is 399 g/mol. The predicted molar refractivity (Wildman–Crippen MR) is 119 cm³/mol. The fourth-order valence-corrected chi connectivity index (χ4v) is 3.74. The highest BCUT2D eigenvalue weighted by atomic mass is 16.5. The van der Waals surface area contributed by atoms with Gasteiger partial charge in [0.05, 0.1) is 24.6 Å². The smallest absolute Gasteiger partial charge is 0.337 e. The monoisotopic (exact) mass is 399 g/mol. The molecule has 0 aliphatic rings. The van der Waals surface area contributed by atoms with Gasteiger partial charge in [-0.2, -0.15) is 5.10 Å². The third-order valence-corrected chi connectivity index (χ3v) is 5.50. The van der Waals surface area contributed by atoms with Crippen LogP contribution in [-0.2, 0) is 11.3 Å². The van der Waals surface area contributed by atoms with Crippen molar-refractivity contribution in [3.05, 3.63) is 95.3 Å². The number of nitrogens with one attached hydrogen (secondary N) is 1. The van der Waals surface area contributed by atoms with Crippen LogP contribution in [0.5, 0.6) is 0 Å². The molecule has 0 amide bonds. The predicted octanol–water partition coefficient (Wildman–Crippen LogP) is 4.97. The van der Waals surface area contributed by atoms with E-state index in [0.29, 0.717) is 12.1 Å². The van der Waals surface area contributed by atoms with Crippen LogP contribution in [-0.4, -0.2) is 22.9 Å². The number of benzene rings is 3. The van der Waals surface area contributed by atoms with Crippen molar-refractivity contribution < 1.29 is 9.53 Å². The third-order valence-electron chi connectivity index (χ3n) is 5.50. The molecule has 0 aliphatic heterocycles. The molecule has 0 spiro atoms. The zero-order chi connectivity index (χ0) is 21.1. The highest BCUT2D eigenvalue weighted by molar-refractivity contribution is 5.90. The summed E-state index contributed by atoms with van der Waals surface area (Å²) in [5, 5.41) is 10.6. The number of hydrogen-bond donors (Lipinski definition) is 1. The summed E-state index contributed by atoms with van der Waals surface area (Å²) in [6.07, 6.45) is 1.94. The second-order valence-electron chi connectivity index (χ2n) is 7.39. The minimum Gasteiger partial charge on any atom is -0.465 e. The highest BCUT2D eigenvalue weighted by Crippen LogP contribution is 2.26. The molecule has 0 bridgehead atoms. The maximum absolute atomic E-state index is 11.6. The molecule has 0 saturated heterocycles. The molecule has 4 rings (SSSR count). The minimum absolute atomic E-state index is 0.133. The molecule has 5 heteroatoms. The summed E-state index contributed by atoms with van der Waals surface area (Å²) in [6.45, 7) is 4.94. The zero-order valence-electron chi connectivity index (χ0n) is 17.4. The third kappa shape index (κ3) is 3.84. The summed E-state index contributed by atoms with van der Waals surface area (Å²) < 4.78 is 6.76. The van der Waals surface area contributed by atoms with Crippen molar-refractivity contribution in [1.82, 2.24) is 15.1 Å². The average Bonchev–Trinajstić information content (AvgIpc) is 3.18. The van der Waals surface area contributed by atoms with Gasteiger partial charge >= 0.3 is 5.97 Å². The maximum atomic E-state index is 11.6. The first-order chi connectivity index (χ1) is 14.6. The van der Waals surface area contributed by atoms with Gasteiger partial charge in [-0.1, -0.05) is 48.5 Å². The van der Waals surface area contributed by atoms with Gasteiger partial charge in [0, 0.05) is 29.2 Å². The number of ether oxygens (including phenoxy) is 1. The summed E-state index contributed by atoms with van der Waals surface area (Å²) in [4.78, 5) is 11.6. The van der Waals surface area contributed by atoms with Gasteiger partial charge in [0.1, 0.15) is 0 Å². The van der Waals surface area contributed by atoms with Gasteiger partial charge in [0.2, 0.25) is 0 Å². The van der Waals surface area contributed by atoms with Crippen LogP contribution in [0.2, 0.25) is 0 Å². The van der Waals surface area contributed by atoms with Crippen molar-refractivity contribution in [1.29, 1.82) is 0 Å². The van der Waals surface area contributed by atoms with Crippen LogP contribution in [0.1, 0.15) is 40.1 Å². The van der Waals surface area contributed by atoms with Crippen molar-refractivity contribution in [2.75, 3.05) is 7.11 Å². The lowest BCUT2D eigenvalue weighted by molar-refractivity contribution is 0.0600. The Morgan fingerprint density at radius 2 is 1.80 bits per heavy atom. The second-order valence-corrected chi connectivity index (χ2v) is 7.39. The second kappa shape index (κ2) is 8.51. The molecule has 0 saturated carbocycles. The Kier molecular flexibility index (Phi) is 5.63. The summed E-state index contributed by atoms with van der Waals surface area (Å²) in [5.74, 6) is -0.320. The minimum atomic E-state index is -0.320. The normalized spacial score (nSPS) is 12.1. The molecule has 0 radical (unpaired) electrons. The van der Waals surface area contributed by atoms with E-state index in [0.717, 1.165) is 22.5 Å². The molecular formula is C25H25N3O2. The first kappa shape index (κ1) is 19.9. The van der Waals surface area contributed by atoms with Crippen molar-refractivity contribution in [2.45, 2.75) is 26.4 Å². The summed E-state index contributed by atoms with van der Waals surface area (Å²) in [5.41, 5.74) is 5.03. The molecule has 1 heterocycles. The van der Waals surface area contributed by atoms with Crippen LogP contribution in [0.3, 0.4) is 0 Å². The van der Waals surface area contributed by atoms with Crippen LogP contribution in [0, 0.1) is 6.92 Å². The van der Waals surface area contributed by atoms with E-state index in [1.165, 1.54) is 17.9 Å². The number of methoxy groups -OCH3 is 1. The molecular weight excluding hydrogens is 374 g/mol. The lowest BCUT2D eigenvalue weighted by Gasteiger charge is -2.15. The Bertz CT molecular complexity index is 1170. The fraction of sp³-hybridized carbons (Fsp3) is 0.200. The van der Waals surface area contributed by atoms with E-state index < -0.39 is 0 Å². The van der Waals surface area contributed by atoms with E-state index in [1.54, 1.807) is 12.1 Å². The van der Waals surface area contributed by atoms with Crippen LogP contribution < -0.4 is 5.32 Å². The van der Waals surface area contributed by atoms with Crippen molar-refractivity contribution in [3.8, 4) is 5.69 Å². The van der Waals surface area contributed by atoms with E-state index >= 15 is 0 Å².